The summed E-state index contributed by atoms with van der Waals surface area (Å²) in [6, 6.07) is 13.9. The van der Waals surface area contributed by atoms with Gasteiger partial charge in [-0.15, -0.1) is 0 Å². The van der Waals surface area contributed by atoms with Crippen molar-refractivity contribution < 1.29 is 13.6 Å². The molecule has 0 aromatic heterocycles. The molecule has 4 nitrogen and oxygen atoms in total. The van der Waals surface area contributed by atoms with Gasteiger partial charge in [0.25, 0.3) is 0 Å². The molecule has 0 N–H and O–H groups in total. The van der Waals surface area contributed by atoms with E-state index in [1.54, 1.807) is 26.1 Å². The molecule has 2 aromatic rings. The first-order valence-electron chi connectivity index (χ1n) is 6.65. The van der Waals surface area contributed by atoms with E-state index in [-0.39, 0.29) is 17.4 Å². The summed E-state index contributed by atoms with van der Waals surface area (Å²) in [4.78, 5) is 0. The number of anilines is 1. The number of para-hydroxylation sites is 1. The SMILES string of the molecule is CCOP(=O)(Oc1ccc(Cl)cc1Cl)N(C)c1ccccc1. The van der Waals surface area contributed by atoms with Gasteiger partial charge in [0.2, 0.25) is 0 Å². The summed E-state index contributed by atoms with van der Waals surface area (Å²) in [5.74, 6) is 0.255. The smallest absolute Gasteiger partial charge is 0.407 e. The van der Waals surface area contributed by atoms with E-state index in [4.69, 9.17) is 32.2 Å². The second-order valence-corrected chi connectivity index (χ2v) is 7.23. The maximum atomic E-state index is 13.1. The van der Waals surface area contributed by atoms with E-state index in [0.717, 1.165) is 0 Å². The van der Waals surface area contributed by atoms with Crippen LogP contribution < -0.4 is 9.19 Å². The molecule has 0 fully saturated rings. The van der Waals surface area contributed by atoms with E-state index in [9.17, 15) is 4.57 Å². The van der Waals surface area contributed by atoms with Crippen molar-refractivity contribution in [3.63, 3.8) is 0 Å². The summed E-state index contributed by atoms with van der Waals surface area (Å²) in [5, 5.41) is 0.744. The Morgan fingerprint density at radius 3 is 2.41 bits per heavy atom. The van der Waals surface area contributed by atoms with Crippen LogP contribution in [0.15, 0.2) is 48.5 Å². The van der Waals surface area contributed by atoms with Crippen LogP contribution in [0.2, 0.25) is 10.0 Å². The van der Waals surface area contributed by atoms with Crippen LogP contribution in [-0.4, -0.2) is 13.7 Å². The molecule has 0 aliphatic rings. The molecule has 0 amide bonds. The van der Waals surface area contributed by atoms with Gasteiger partial charge >= 0.3 is 7.75 Å². The topological polar surface area (TPSA) is 38.8 Å². The molecule has 2 aromatic carbocycles. The number of nitrogens with zero attached hydrogens (tertiary/aromatic N) is 1. The van der Waals surface area contributed by atoms with Crippen LogP contribution in [0.4, 0.5) is 5.69 Å². The van der Waals surface area contributed by atoms with Gasteiger partial charge in [0.1, 0.15) is 5.75 Å². The first-order chi connectivity index (χ1) is 10.5. The number of hydrogen-bond donors (Lipinski definition) is 0. The predicted molar refractivity (Wildman–Crippen MR) is 91.2 cm³/mol. The fourth-order valence-electron chi connectivity index (χ4n) is 1.80. The molecular weight excluding hydrogens is 344 g/mol. The Bertz CT molecular complexity index is 682. The van der Waals surface area contributed by atoms with Gasteiger partial charge in [-0.05, 0) is 37.3 Å². The first kappa shape index (κ1) is 17.2. The summed E-state index contributed by atoms with van der Waals surface area (Å²) < 4.78 is 25.6. The fourth-order valence-corrected chi connectivity index (χ4v) is 3.80. The monoisotopic (exact) mass is 359 g/mol. The standard InChI is InChI=1S/C15H16Cl2NO3P/c1-3-20-22(19,18(2)13-7-5-4-6-8-13)21-15-10-9-12(16)11-14(15)17/h4-11H,3H2,1-2H3. The van der Waals surface area contributed by atoms with Crippen LogP contribution in [0, 0.1) is 0 Å². The molecule has 0 aliphatic carbocycles. The first-order valence-corrected chi connectivity index (χ1v) is 8.90. The van der Waals surface area contributed by atoms with Crippen LogP contribution in [0.5, 0.6) is 5.75 Å². The Balaban J connectivity index is 2.33. The highest BCUT2D eigenvalue weighted by atomic mass is 35.5. The Morgan fingerprint density at radius 1 is 1.14 bits per heavy atom. The zero-order valence-corrected chi connectivity index (χ0v) is 14.6. The van der Waals surface area contributed by atoms with Crippen molar-refractivity contribution in [2.24, 2.45) is 0 Å². The maximum absolute atomic E-state index is 13.1. The lowest BCUT2D eigenvalue weighted by Crippen LogP contribution is -2.19. The van der Waals surface area contributed by atoms with Crippen molar-refractivity contribution in [2.75, 3.05) is 18.3 Å². The zero-order chi connectivity index (χ0) is 16.2. The highest BCUT2D eigenvalue weighted by Crippen LogP contribution is 2.54. The van der Waals surface area contributed by atoms with Gasteiger partial charge in [-0.25, -0.2) is 4.57 Å². The van der Waals surface area contributed by atoms with Crippen molar-refractivity contribution in [3.8, 4) is 5.75 Å². The summed E-state index contributed by atoms with van der Waals surface area (Å²) in [6.45, 7) is 1.98. The van der Waals surface area contributed by atoms with Gasteiger partial charge < -0.3 is 4.52 Å². The van der Waals surface area contributed by atoms with Crippen LogP contribution in [0.25, 0.3) is 0 Å². The molecular formula is C15H16Cl2NO3P. The van der Waals surface area contributed by atoms with Crippen LogP contribution >= 0.6 is 30.9 Å². The highest BCUT2D eigenvalue weighted by Gasteiger charge is 2.33. The third kappa shape index (κ3) is 3.96. The Morgan fingerprint density at radius 2 is 1.82 bits per heavy atom. The van der Waals surface area contributed by atoms with E-state index in [1.165, 1.54) is 10.7 Å². The molecule has 0 bridgehead atoms. The second-order valence-electron chi connectivity index (χ2n) is 4.41. The number of benzene rings is 2. The molecule has 0 radical (unpaired) electrons. The van der Waals surface area contributed by atoms with Gasteiger partial charge in [-0.3, -0.25) is 9.19 Å². The Kier molecular flexibility index (Phi) is 5.76. The third-order valence-corrected chi connectivity index (χ3v) is 5.41. The molecule has 0 aliphatic heterocycles. The van der Waals surface area contributed by atoms with E-state index in [2.05, 4.69) is 0 Å². The lowest BCUT2D eigenvalue weighted by Gasteiger charge is -2.28. The number of hydrogen-bond acceptors (Lipinski definition) is 3. The molecule has 0 saturated carbocycles. The van der Waals surface area contributed by atoms with Crippen LogP contribution in [0.1, 0.15) is 6.92 Å². The summed E-state index contributed by atoms with van der Waals surface area (Å²) >= 11 is 11.9. The quantitative estimate of drug-likeness (QED) is 0.624. The normalized spacial score (nSPS) is 13.5. The molecule has 0 heterocycles. The van der Waals surface area contributed by atoms with E-state index in [0.29, 0.717) is 10.7 Å². The summed E-state index contributed by atoms with van der Waals surface area (Å²) in [7, 11) is -1.94. The minimum atomic E-state index is -3.59. The molecule has 118 valence electrons. The van der Waals surface area contributed by atoms with Gasteiger partial charge in [-0.2, -0.15) is 0 Å². The third-order valence-electron chi connectivity index (χ3n) is 2.90. The molecule has 7 heteroatoms. The number of halogens is 2. The van der Waals surface area contributed by atoms with Crippen molar-refractivity contribution in [1.82, 2.24) is 0 Å². The molecule has 22 heavy (non-hydrogen) atoms. The van der Waals surface area contributed by atoms with Crippen molar-refractivity contribution in [3.05, 3.63) is 58.6 Å². The minimum absolute atomic E-state index is 0.236. The van der Waals surface area contributed by atoms with Crippen molar-refractivity contribution in [1.29, 1.82) is 0 Å². The van der Waals surface area contributed by atoms with Gasteiger partial charge in [-0.1, -0.05) is 41.4 Å². The van der Waals surface area contributed by atoms with Crippen molar-refractivity contribution >= 4 is 36.6 Å². The van der Waals surface area contributed by atoms with E-state index in [1.807, 2.05) is 30.3 Å². The summed E-state index contributed by atoms with van der Waals surface area (Å²) in [5.41, 5.74) is 0.712. The Hall–Kier alpha value is -1.19. The zero-order valence-electron chi connectivity index (χ0n) is 12.2. The fraction of sp³-hybridized carbons (Fsp3) is 0.200. The van der Waals surface area contributed by atoms with Crippen LogP contribution in [0.3, 0.4) is 0 Å². The Labute approximate surface area is 140 Å². The summed E-state index contributed by atoms with van der Waals surface area (Å²) in [6.07, 6.45) is 0. The second kappa shape index (κ2) is 7.38. The average Bonchev–Trinajstić information content (AvgIpc) is 2.50. The molecule has 0 saturated heterocycles. The minimum Gasteiger partial charge on any atom is -0.407 e. The lowest BCUT2D eigenvalue weighted by molar-refractivity contribution is 0.278. The largest absolute Gasteiger partial charge is 0.488 e. The highest BCUT2D eigenvalue weighted by molar-refractivity contribution is 7.56. The maximum Gasteiger partial charge on any atom is 0.488 e. The molecule has 2 rings (SSSR count). The van der Waals surface area contributed by atoms with E-state index >= 15 is 0 Å². The molecule has 1 atom stereocenters. The molecule has 1 unspecified atom stereocenters. The van der Waals surface area contributed by atoms with E-state index < -0.39 is 7.75 Å². The van der Waals surface area contributed by atoms with Crippen molar-refractivity contribution in [2.45, 2.75) is 6.92 Å². The average molecular weight is 360 g/mol. The lowest BCUT2D eigenvalue weighted by atomic mass is 10.3. The molecule has 0 spiro atoms. The number of rotatable bonds is 6. The predicted octanol–water partition coefficient (Wildman–Crippen LogP) is 5.65. The van der Waals surface area contributed by atoms with Gasteiger partial charge in [0.15, 0.2) is 0 Å². The van der Waals surface area contributed by atoms with Gasteiger partial charge in [0, 0.05) is 17.8 Å². The van der Waals surface area contributed by atoms with Crippen LogP contribution in [-0.2, 0) is 9.09 Å². The van der Waals surface area contributed by atoms with Gasteiger partial charge in [0.05, 0.1) is 11.6 Å².